The Morgan fingerprint density at radius 2 is 1.32 bits per heavy atom. The summed E-state index contributed by atoms with van der Waals surface area (Å²) in [6.45, 7) is 2.94. The number of hydrogen-bond donors (Lipinski definition) is 3. The number of anilines is 4. The lowest BCUT2D eigenvalue weighted by atomic mass is 10.1. The van der Waals surface area contributed by atoms with Gasteiger partial charge in [0.2, 0.25) is 0 Å². The van der Waals surface area contributed by atoms with Crippen LogP contribution in [0.15, 0.2) is 90.6 Å². The van der Waals surface area contributed by atoms with Crippen LogP contribution in [0.5, 0.6) is 0 Å². The minimum absolute atomic E-state index is 0.295. The summed E-state index contributed by atoms with van der Waals surface area (Å²) < 4.78 is 10.1. The third kappa shape index (κ3) is 5.42. The van der Waals surface area contributed by atoms with E-state index in [2.05, 4.69) is 16.0 Å². The van der Waals surface area contributed by atoms with Gasteiger partial charge in [-0.2, -0.15) is 0 Å². The first-order valence-electron chi connectivity index (χ1n) is 10.6. The van der Waals surface area contributed by atoms with Gasteiger partial charge in [0.1, 0.15) is 0 Å². The van der Waals surface area contributed by atoms with Gasteiger partial charge in [-0.1, -0.05) is 30.3 Å². The van der Waals surface area contributed by atoms with E-state index < -0.39 is 17.7 Å². The second kappa shape index (κ2) is 9.50. The molecule has 1 saturated heterocycles. The third-order valence-corrected chi connectivity index (χ3v) is 4.87. The average Bonchev–Trinajstić information content (AvgIpc) is 2.80. The van der Waals surface area contributed by atoms with Crippen molar-refractivity contribution in [2.75, 3.05) is 16.0 Å². The Morgan fingerprint density at radius 3 is 2.00 bits per heavy atom. The van der Waals surface area contributed by atoms with Gasteiger partial charge in [-0.25, -0.2) is 9.59 Å². The average molecular weight is 457 g/mol. The van der Waals surface area contributed by atoms with Gasteiger partial charge in [-0.05, 0) is 48.5 Å². The number of hydrogen-bond acceptors (Lipinski definition) is 7. The van der Waals surface area contributed by atoms with Gasteiger partial charge < -0.3 is 25.4 Å². The van der Waals surface area contributed by atoms with E-state index >= 15 is 0 Å². The monoisotopic (exact) mass is 457 g/mol. The van der Waals surface area contributed by atoms with E-state index in [1.807, 2.05) is 42.5 Å². The molecule has 1 fully saturated rings. The van der Waals surface area contributed by atoms with E-state index in [0.29, 0.717) is 16.9 Å². The predicted octanol–water partition coefficient (Wildman–Crippen LogP) is 4.81. The molecule has 0 aromatic heterocycles. The van der Waals surface area contributed by atoms with E-state index in [4.69, 9.17) is 9.47 Å². The molecule has 0 spiro atoms. The van der Waals surface area contributed by atoms with Crippen molar-refractivity contribution in [2.24, 2.45) is 0 Å². The van der Waals surface area contributed by atoms with E-state index in [1.165, 1.54) is 20.0 Å². The minimum atomic E-state index is -1.32. The molecular weight excluding hydrogens is 434 g/mol. The molecule has 0 radical (unpaired) electrons. The molecule has 3 N–H and O–H groups in total. The molecule has 0 aliphatic carbocycles. The van der Waals surface area contributed by atoms with E-state index in [0.717, 1.165) is 11.4 Å². The van der Waals surface area contributed by atoms with Gasteiger partial charge in [0.25, 0.3) is 11.7 Å². The number of para-hydroxylation sites is 2. The number of carbonyl (C=O) groups excluding carboxylic acids is 3. The quantitative estimate of drug-likeness (QED) is 0.277. The van der Waals surface area contributed by atoms with Crippen molar-refractivity contribution in [3.63, 3.8) is 0 Å². The first-order valence-corrected chi connectivity index (χ1v) is 10.6. The number of cyclic esters (lactones) is 2. The number of benzene rings is 3. The number of ether oxygens (including phenoxy) is 2. The standard InChI is InChI=1S/C26H23N3O5/c1-26(2)33-24(31)21(25(32)34-26)16-27-22-11-7-6-10-20(22)23(30)29-19-14-12-18(13-15-19)28-17-8-4-3-5-9-17/h3-16,27-28H,1-2H3,(H,29,30). The Bertz CT molecular complexity index is 1230. The summed E-state index contributed by atoms with van der Waals surface area (Å²) in [5, 5.41) is 8.97. The molecule has 0 saturated carbocycles. The van der Waals surface area contributed by atoms with Crippen LogP contribution < -0.4 is 16.0 Å². The fraction of sp³-hybridized carbons (Fsp3) is 0.115. The van der Waals surface area contributed by atoms with Crippen molar-refractivity contribution < 1.29 is 23.9 Å². The molecule has 0 unspecified atom stereocenters. The summed E-state index contributed by atoms with van der Waals surface area (Å²) in [5.41, 5.74) is 2.88. The second-order valence-electron chi connectivity index (χ2n) is 7.95. The second-order valence-corrected chi connectivity index (χ2v) is 7.95. The van der Waals surface area contributed by atoms with Crippen LogP contribution in [0, 0.1) is 0 Å². The van der Waals surface area contributed by atoms with Crippen molar-refractivity contribution >= 4 is 40.6 Å². The topological polar surface area (TPSA) is 106 Å². The largest absolute Gasteiger partial charge is 0.419 e. The lowest BCUT2D eigenvalue weighted by molar-refractivity contribution is -0.222. The summed E-state index contributed by atoms with van der Waals surface area (Å²) >= 11 is 0. The summed E-state index contributed by atoms with van der Waals surface area (Å²) in [7, 11) is 0. The summed E-state index contributed by atoms with van der Waals surface area (Å²) in [4.78, 5) is 37.2. The van der Waals surface area contributed by atoms with Crippen molar-refractivity contribution in [3.8, 4) is 0 Å². The van der Waals surface area contributed by atoms with Crippen LogP contribution >= 0.6 is 0 Å². The van der Waals surface area contributed by atoms with Crippen molar-refractivity contribution in [3.05, 3.63) is 96.2 Å². The highest BCUT2D eigenvalue weighted by molar-refractivity contribution is 6.15. The fourth-order valence-electron chi connectivity index (χ4n) is 3.26. The third-order valence-electron chi connectivity index (χ3n) is 4.87. The highest BCUT2D eigenvalue weighted by atomic mass is 16.7. The fourth-order valence-corrected chi connectivity index (χ4v) is 3.26. The molecule has 1 aliphatic heterocycles. The van der Waals surface area contributed by atoms with Crippen LogP contribution in [-0.4, -0.2) is 23.6 Å². The van der Waals surface area contributed by atoms with Gasteiger partial charge in [0.05, 0.1) is 11.3 Å². The zero-order chi connectivity index (χ0) is 24.1. The van der Waals surface area contributed by atoms with Gasteiger partial charge in [-0.3, -0.25) is 4.79 Å². The molecule has 0 bridgehead atoms. The molecule has 0 atom stereocenters. The summed E-state index contributed by atoms with van der Waals surface area (Å²) in [6.07, 6.45) is 1.18. The SMILES string of the molecule is CC1(C)OC(=O)C(=CNc2ccccc2C(=O)Nc2ccc(Nc3ccccc3)cc2)C(=O)O1. The Balaban J connectivity index is 1.45. The van der Waals surface area contributed by atoms with Crippen molar-refractivity contribution in [2.45, 2.75) is 19.6 Å². The number of carbonyl (C=O) groups is 3. The molecule has 3 aromatic carbocycles. The van der Waals surface area contributed by atoms with Gasteiger partial charge in [-0.15, -0.1) is 0 Å². The highest BCUT2D eigenvalue weighted by Gasteiger charge is 2.39. The van der Waals surface area contributed by atoms with Crippen LogP contribution in [0.25, 0.3) is 0 Å². The predicted molar refractivity (Wildman–Crippen MR) is 129 cm³/mol. The molecule has 172 valence electrons. The maximum absolute atomic E-state index is 12.9. The molecule has 4 rings (SSSR count). The lowest BCUT2D eigenvalue weighted by Crippen LogP contribution is -2.42. The van der Waals surface area contributed by atoms with Gasteiger partial charge >= 0.3 is 11.9 Å². The van der Waals surface area contributed by atoms with Gasteiger partial charge in [0, 0.05) is 37.1 Å². The van der Waals surface area contributed by atoms with Crippen LogP contribution in [0.2, 0.25) is 0 Å². The minimum Gasteiger partial charge on any atom is -0.419 e. The zero-order valence-corrected chi connectivity index (χ0v) is 18.6. The Labute approximate surface area is 196 Å². The molecule has 34 heavy (non-hydrogen) atoms. The van der Waals surface area contributed by atoms with Crippen LogP contribution in [0.3, 0.4) is 0 Å². The van der Waals surface area contributed by atoms with E-state index in [9.17, 15) is 14.4 Å². The maximum Gasteiger partial charge on any atom is 0.350 e. The molecule has 1 heterocycles. The number of amides is 1. The van der Waals surface area contributed by atoms with E-state index in [1.54, 1.807) is 36.4 Å². The zero-order valence-electron chi connectivity index (χ0n) is 18.6. The normalized spacial score (nSPS) is 14.5. The molecule has 1 aliphatic rings. The highest BCUT2D eigenvalue weighted by Crippen LogP contribution is 2.24. The molecular formula is C26H23N3O5. The number of esters is 2. The molecule has 8 nitrogen and oxygen atoms in total. The van der Waals surface area contributed by atoms with Crippen LogP contribution in [-0.2, 0) is 19.1 Å². The first-order chi connectivity index (χ1) is 16.3. The summed E-state index contributed by atoms with van der Waals surface area (Å²) in [6, 6.07) is 23.8. The van der Waals surface area contributed by atoms with Crippen LogP contribution in [0.4, 0.5) is 22.7 Å². The Kier molecular flexibility index (Phi) is 6.31. The lowest BCUT2D eigenvalue weighted by Gasteiger charge is -2.29. The number of nitrogens with one attached hydrogen (secondary N) is 3. The molecule has 8 heteroatoms. The van der Waals surface area contributed by atoms with E-state index in [-0.39, 0.29) is 11.5 Å². The number of rotatable bonds is 6. The Hall–Kier alpha value is -4.59. The first kappa shape index (κ1) is 22.6. The molecule has 1 amide bonds. The summed E-state index contributed by atoms with van der Waals surface area (Å²) in [5.74, 6) is -3.30. The smallest absolute Gasteiger partial charge is 0.350 e. The van der Waals surface area contributed by atoms with Gasteiger partial charge in [0.15, 0.2) is 5.57 Å². The maximum atomic E-state index is 12.9. The van der Waals surface area contributed by atoms with Crippen molar-refractivity contribution in [1.29, 1.82) is 0 Å². The van der Waals surface area contributed by atoms with Crippen molar-refractivity contribution in [1.82, 2.24) is 0 Å². The van der Waals surface area contributed by atoms with Crippen LogP contribution in [0.1, 0.15) is 24.2 Å². The molecule has 3 aromatic rings. The Morgan fingerprint density at radius 1 is 0.765 bits per heavy atom.